The highest BCUT2D eigenvalue weighted by Gasteiger charge is 2.06. The lowest BCUT2D eigenvalue weighted by Crippen LogP contribution is -2.00. The number of halogens is 1. The molecule has 1 aromatic carbocycles. The van der Waals surface area contributed by atoms with Gasteiger partial charge in [-0.3, -0.25) is 0 Å². The van der Waals surface area contributed by atoms with E-state index < -0.39 is 6.17 Å². The fraction of sp³-hybridized carbons (Fsp3) is 0.400. The molecule has 1 nitrogen and oxygen atoms in total. The maximum atomic E-state index is 13.3. The van der Waals surface area contributed by atoms with Crippen LogP contribution in [0.2, 0.25) is 0 Å². The van der Waals surface area contributed by atoms with Gasteiger partial charge in [-0.25, -0.2) is 4.39 Å². The topological polar surface area (TPSA) is 26.0 Å². The minimum atomic E-state index is -0.852. The molecule has 66 valence electrons. The molecule has 1 unspecified atom stereocenters. The highest BCUT2D eigenvalue weighted by atomic mass is 19.1. The number of hydrogen-bond donors (Lipinski definition) is 1. The lowest BCUT2D eigenvalue weighted by atomic mass is 10.1. The lowest BCUT2D eigenvalue weighted by molar-refractivity contribution is 0.318. The van der Waals surface area contributed by atoms with E-state index in [1.54, 1.807) is 12.1 Å². The van der Waals surface area contributed by atoms with Gasteiger partial charge >= 0.3 is 0 Å². The van der Waals surface area contributed by atoms with Gasteiger partial charge in [0.1, 0.15) is 6.17 Å². The first-order valence-corrected chi connectivity index (χ1v) is 4.23. The van der Waals surface area contributed by atoms with Gasteiger partial charge in [-0.1, -0.05) is 30.3 Å². The molecule has 2 N–H and O–H groups in total. The summed E-state index contributed by atoms with van der Waals surface area (Å²) in [6, 6.07) is 9.20. The van der Waals surface area contributed by atoms with E-state index in [0.29, 0.717) is 13.0 Å². The third kappa shape index (κ3) is 2.62. The summed E-state index contributed by atoms with van der Waals surface area (Å²) >= 11 is 0. The lowest BCUT2D eigenvalue weighted by Gasteiger charge is -2.06. The predicted octanol–water partition coefficient (Wildman–Crippen LogP) is 2.44. The molecule has 0 heterocycles. The highest BCUT2D eigenvalue weighted by Crippen LogP contribution is 2.21. The summed E-state index contributed by atoms with van der Waals surface area (Å²) < 4.78 is 13.3. The van der Waals surface area contributed by atoms with E-state index in [2.05, 4.69) is 0 Å². The quantitative estimate of drug-likeness (QED) is 0.732. The van der Waals surface area contributed by atoms with Gasteiger partial charge in [-0.2, -0.15) is 0 Å². The van der Waals surface area contributed by atoms with Crippen molar-refractivity contribution in [3.05, 3.63) is 35.9 Å². The van der Waals surface area contributed by atoms with Crippen LogP contribution in [0.25, 0.3) is 0 Å². The summed E-state index contributed by atoms with van der Waals surface area (Å²) in [5.74, 6) is 0. The van der Waals surface area contributed by atoms with Crippen LogP contribution < -0.4 is 5.73 Å². The molecule has 0 aliphatic heterocycles. The van der Waals surface area contributed by atoms with Gasteiger partial charge in [0, 0.05) is 0 Å². The van der Waals surface area contributed by atoms with Crippen molar-refractivity contribution < 1.29 is 4.39 Å². The van der Waals surface area contributed by atoms with Gasteiger partial charge in [-0.05, 0) is 24.9 Å². The second kappa shape index (κ2) is 4.88. The Hall–Kier alpha value is -0.890. The van der Waals surface area contributed by atoms with E-state index in [9.17, 15) is 4.39 Å². The van der Waals surface area contributed by atoms with Crippen LogP contribution in [0.3, 0.4) is 0 Å². The van der Waals surface area contributed by atoms with E-state index in [1.807, 2.05) is 18.2 Å². The van der Waals surface area contributed by atoms with Crippen LogP contribution in [0.5, 0.6) is 0 Å². The number of nitrogens with two attached hydrogens (primary N) is 1. The summed E-state index contributed by atoms with van der Waals surface area (Å²) in [6.07, 6.45) is 0.422. The standard InChI is InChI=1S/C10H14FN/c11-10(7-4-8-12)9-5-2-1-3-6-9/h1-3,5-6,10H,4,7-8,12H2. The Bertz CT molecular complexity index is 210. The molecule has 0 aromatic heterocycles. The van der Waals surface area contributed by atoms with Crippen molar-refractivity contribution in [1.82, 2.24) is 0 Å². The van der Waals surface area contributed by atoms with Gasteiger partial charge in [0.05, 0.1) is 0 Å². The first-order valence-electron chi connectivity index (χ1n) is 4.23. The zero-order valence-electron chi connectivity index (χ0n) is 7.04. The average Bonchev–Trinajstić information content (AvgIpc) is 2.15. The molecule has 1 atom stereocenters. The normalized spacial score (nSPS) is 12.8. The molecule has 0 aliphatic carbocycles. The summed E-state index contributed by atoms with van der Waals surface area (Å²) in [7, 11) is 0. The molecule has 0 aliphatic rings. The Labute approximate surface area is 72.4 Å². The molecule has 12 heavy (non-hydrogen) atoms. The minimum absolute atomic E-state index is 0.528. The maximum Gasteiger partial charge on any atom is 0.125 e. The van der Waals surface area contributed by atoms with E-state index in [-0.39, 0.29) is 0 Å². The Morgan fingerprint density at radius 2 is 1.92 bits per heavy atom. The van der Waals surface area contributed by atoms with Gasteiger partial charge in [0.25, 0.3) is 0 Å². The van der Waals surface area contributed by atoms with Crippen LogP contribution in [0.4, 0.5) is 4.39 Å². The Morgan fingerprint density at radius 1 is 1.25 bits per heavy atom. The van der Waals surface area contributed by atoms with E-state index in [0.717, 1.165) is 12.0 Å². The summed E-state index contributed by atoms with van der Waals surface area (Å²) in [5.41, 5.74) is 6.04. The fourth-order valence-electron chi connectivity index (χ4n) is 1.13. The maximum absolute atomic E-state index is 13.3. The third-order valence-corrected chi connectivity index (χ3v) is 1.82. The zero-order chi connectivity index (χ0) is 8.81. The first-order chi connectivity index (χ1) is 5.84. The number of benzene rings is 1. The van der Waals surface area contributed by atoms with E-state index >= 15 is 0 Å². The molecule has 0 saturated heterocycles. The number of alkyl halides is 1. The van der Waals surface area contributed by atoms with Crippen molar-refractivity contribution in [3.8, 4) is 0 Å². The molecule has 0 amide bonds. The van der Waals surface area contributed by atoms with Gasteiger partial charge in [-0.15, -0.1) is 0 Å². The molecule has 0 fully saturated rings. The number of rotatable bonds is 4. The van der Waals surface area contributed by atoms with E-state index in [1.165, 1.54) is 0 Å². The fourth-order valence-corrected chi connectivity index (χ4v) is 1.13. The Kier molecular flexibility index (Phi) is 3.74. The molecule has 1 rings (SSSR count). The van der Waals surface area contributed by atoms with Gasteiger partial charge < -0.3 is 5.73 Å². The molecule has 1 aromatic rings. The van der Waals surface area contributed by atoms with Crippen LogP contribution in [-0.4, -0.2) is 6.54 Å². The van der Waals surface area contributed by atoms with Crippen molar-refractivity contribution in [3.63, 3.8) is 0 Å². The summed E-state index contributed by atoms with van der Waals surface area (Å²) in [4.78, 5) is 0. The van der Waals surface area contributed by atoms with Crippen LogP contribution in [0, 0.1) is 0 Å². The monoisotopic (exact) mass is 167 g/mol. The van der Waals surface area contributed by atoms with Crippen LogP contribution in [0.15, 0.2) is 30.3 Å². The van der Waals surface area contributed by atoms with Crippen molar-refractivity contribution >= 4 is 0 Å². The van der Waals surface area contributed by atoms with Gasteiger partial charge in [0.15, 0.2) is 0 Å². The molecule has 0 spiro atoms. The zero-order valence-corrected chi connectivity index (χ0v) is 7.04. The summed E-state index contributed by atoms with van der Waals surface area (Å²) in [6.45, 7) is 0.563. The Morgan fingerprint density at radius 3 is 2.50 bits per heavy atom. The van der Waals surface area contributed by atoms with Crippen molar-refractivity contribution in [1.29, 1.82) is 0 Å². The Balaban J connectivity index is 2.48. The second-order valence-electron chi connectivity index (χ2n) is 2.81. The number of hydrogen-bond acceptors (Lipinski definition) is 1. The SMILES string of the molecule is NCCCC(F)c1ccccc1. The summed E-state index contributed by atoms with van der Waals surface area (Å²) in [5, 5.41) is 0. The van der Waals surface area contributed by atoms with Crippen LogP contribution in [-0.2, 0) is 0 Å². The third-order valence-electron chi connectivity index (χ3n) is 1.82. The molecule has 0 radical (unpaired) electrons. The smallest absolute Gasteiger partial charge is 0.125 e. The van der Waals surface area contributed by atoms with Gasteiger partial charge in [0.2, 0.25) is 0 Å². The van der Waals surface area contributed by atoms with Crippen LogP contribution in [0.1, 0.15) is 24.6 Å². The average molecular weight is 167 g/mol. The van der Waals surface area contributed by atoms with Crippen molar-refractivity contribution in [2.75, 3.05) is 6.54 Å². The van der Waals surface area contributed by atoms with Crippen molar-refractivity contribution in [2.24, 2.45) is 5.73 Å². The first kappa shape index (κ1) is 9.20. The molecular formula is C10H14FN. The molecular weight excluding hydrogens is 153 g/mol. The van der Waals surface area contributed by atoms with Crippen molar-refractivity contribution in [2.45, 2.75) is 19.0 Å². The largest absolute Gasteiger partial charge is 0.330 e. The minimum Gasteiger partial charge on any atom is -0.330 e. The predicted molar refractivity (Wildman–Crippen MR) is 48.6 cm³/mol. The second-order valence-corrected chi connectivity index (χ2v) is 2.81. The highest BCUT2D eigenvalue weighted by molar-refractivity contribution is 5.17. The molecule has 0 saturated carbocycles. The molecule has 0 bridgehead atoms. The van der Waals surface area contributed by atoms with Crippen LogP contribution >= 0.6 is 0 Å². The molecule has 2 heteroatoms. The van der Waals surface area contributed by atoms with E-state index in [4.69, 9.17) is 5.73 Å².